The van der Waals surface area contributed by atoms with Crippen molar-refractivity contribution in [2.24, 2.45) is 0 Å². The summed E-state index contributed by atoms with van der Waals surface area (Å²) in [4.78, 5) is 14.8. The largest absolute Gasteiger partial charge is 0.495 e. The summed E-state index contributed by atoms with van der Waals surface area (Å²) in [5.41, 5.74) is 0.977. The van der Waals surface area contributed by atoms with Gasteiger partial charge in [0.05, 0.1) is 12.8 Å². The zero-order valence-corrected chi connectivity index (χ0v) is 11.8. The Labute approximate surface area is 117 Å². The Morgan fingerprint density at radius 1 is 1.44 bits per heavy atom. The zero-order chi connectivity index (χ0) is 13.1. The number of carbonyl (C=O) groups is 1. The molecule has 18 heavy (non-hydrogen) atoms. The number of benzene rings is 1. The fourth-order valence-electron chi connectivity index (χ4n) is 1.47. The maximum atomic E-state index is 11.9. The molecular weight excluding hydrogens is 320 g/mol. The number of carbonyl (C=O) groups excluding carboxylic acids is 1. The first-order valence-corrected chi connectivity index (χ1v) is 6.26. The Balaban J connectivity index is 2.23. The van der Waals surface area contributed by atoms with E-state index in [1.165, 1.54) is 7.11 Å². The van der Waals surface area contributed by atoms with Gasteiger partial charge in [-0.05, 0) is 40.2 Å². The van der Waals surface area contributed by atoms with Crippen LogP contribution in [0.5, 0.6) is 5.75 Å². The van der Waals surface area contributed by atoms with E-state index < -0.39 is 0 Å². The number of rotatable bonds is 3. The molecule has 0 atom stereocenters. The number of anilines is 1. The molecule has 0 aliphatic rings. The summed E-state index contributed by atoms with van der Waals surface area (Å²) in [6, 6.07) is 6.71. The average molecular weight is 330 g/mol. The first-order chi connectivity index (χ1) is 8.60. The molecule has 4 nitrogen and oxygen atoms in total. The molecule has 6 heteroatoms. The summed E-state index contributed by atoms with van der Waals surface area (Å²) in [6.45, 7) is 0. The van der Waals surface area contributed by atoms with E-state index in [0.29, 0.717) is 22.2 Å². The van der Waals surface area contributed by atoms with E-state index in [9.17, 15) is 4.79 Å². The van der Waals surface area contributed by atoms with Gasteiger partial charge in [0.25, 0.3) is 5.91 Å². The summed E-state index contributed by atoms with van der Waals surface area (Å²) in [7, 11) is 1.53. The SMILES string of the molecule is COc1ccc(Cl)cc1NC(=O)c1cc(Br)c[nH]1. The molecule has 0 radical (unpaired) electrons. The van der Waals surface area contributed by atoms with Crippen molar-refractivity contribution in [3.63, 3.8) is 0 Å². The summed E-state index contributed by atoms with van der Waals surface area (Å²) in [5.74, 6) is 0.291. The lowest BCUT2D eigenvalue weighted by atomic mass is 10.2. The molecule has 1 amide bonds. The highest BCUT2D eigenvalue weighted by molar-refractivity contribution is 9.10. The molecule has 0 aliphatic carbocycles. The lowest BCUT2D eigenvalue weighted by Crippen LogP contribution is -2.12. The Morgan fingerprint density at radius 3 is 2.83 bits per heavy atom. The molecule has 0 unspecified atom stereocenters. The molecule has 0 bridgehead atoms. The Hall–Kier alpha value is -1.46. The summed E-state index contributed by atoms with van der Waals surface area (Å²) >= 11 is 9.15. The van der Waals surface area contributed by atoms with Gasteiger partial charge in [0.1, 0.15) is 11.4 Å². The van der Waals surface area contributed by atoms with Crippen LogP contribution in [0, 0.1) is 0 Å². The summed E-state index contributed by atoms with van der Waals surface area (Å²) < 4.78 is 5.96. The number of hydrogen-bond acceptors (Lipinski definition) is 2. The number of methoxy groups -OCH3 is 1. The predicted molar refractivity (Wildman–Crippen MR) is 74.4 cm³/mol. The fraction of sp³-hybridized carbons (Fsp3) is 0.0833. The topological polar surface area (TPSA) is 54.1 Å². The van der Waals surface area contributed by atoms with Crippen LogP contribution in [0.4, 0.5) is 5.69 Å². The van der Waals surface area contributed by atoms with Gasteiger partial charge in [0.2, 0.25) is 0 Å². The van der Waals surface area contributed by atoms with Gasteiger partial charge in [-0.1, -0.05) is 11.6 Å². The van der Waals surface area contributed by atoms with E-state index in [-0.39, 0.29) is 5.91 Å². The molecule has 1 aromatic carbocycles. The maximum Gasteiger partial charge on any atom is 0.272 e. The predicted octanol–water partition coefficient (Wildman–Crippen LogP) is 3.69. The highest BCUT2D eigenvalue weighted by atomic mass is 79.9. The van der Waals surface area contributed by atoms with Crippen LogP contribution >= 0.6 is 27.5 Å². The van der Waals surface area contributed by atoms with Crippen LogP contribution in [0.3, 0.4) is 0 Å². The quantitative estimate of drug-likeness (QED) is 0.902. The molecular formula is C12H10BrClN2O2. The summed E-state index contributed by atoms with van der Waals surface area (Å²) in [5, 5.41) is 3.26. The molecule has 0 aliphatic heterocycles. The third-order valence-electron chi connectivity index (χ3n) is 2.30. The lowest BCUT2D eigenvalue weighted by molar-refractivity contribution is 0.102. The molecule has 0 saturated carbocycles. The van der Waals surface area contributed by atoms with Gasteiger partial charge in [-0.25, -0.2) is 0 Å². The minimum absolute atomic E-state index is 0.263. The van der Waals surface area contributed by atoms with Gasteiger partial charge >= 0.3 is 0 Å². The Kier molecular flexibility index (Phi) is 3.93. The Morgan fingerprint density at radius 2 is 2.22 bits per heavy atom. The molecule has 1 aromatic heterocycles. The average Bonchev–Trinajstić information content (AvgIpc) is 2.76. The molecule has 2 aromatic rings. The van der Waals surface area contributed by atoms with Gasteiger partial charge < -0.3 is 15.0 Å². The molecule has 2 N–H and O–H groups in total. The van der Waals surface area contributed by atoms with Crippen molar-refractivity contribution in [1.82, 2.24) is 4.98 Å². The van der Waals surface area contributed by atoms with Gasteiger partial charge in [-0.15, -0.1) is 0 Å². The van der Waals surface area contributed by atoms with Crippen LogP contribution in [0.1, 0.15) is 10.5 Å². The summed E-state index contributed by atoms with van der Waals surface area (Å²) in [6.07, 6.45) is 1.68. The maximum absolute atomic E-state index is 11.9. The smallest absolute Gasteiger partial charge is 0.272 e. The van der Waals surface area contributed by atoms with Crippen molar-refractivity contribution >= 4 is 39.1 Å². The number of amides is 1. The van der Waals surface area contributed by atoms with E-state index in [4.69, 9.17) is 16.3 Å². The van der Waals surface area contributed by atoms with Crippen LogP contribution < -0.4 is 10.1 Å². The van der Waals surface area contributed by atoms with E-state index >= 15 is 0 Å². The van der Waals surface area contributed by atoms with E-state index in [0.717, 1.165) is 4.47 Å². The van der Waals surface area contributed by atoms with Gasteiger partial charge in [-0.3, -0.25) is 4.79 Å². The molecule has 0 saturated heterocycles. The number of nitrogens with one attached hydrogen (secondary N) is 2. The molecule has 0 spiro atoms. The number of H-pyrrole nitrogens is 1. The lowest BCUT2D eigenvalue weighted by Gasteiger charge is -2.09. The van der Waals surface area contributed by atoms with Crippen LogP contribution in [0.25, 0.3) is 0 Å². The molecule has 2 rings (SSSR count). The van der Waals surface area contributed by atoms with Crippen molar-refractivity contribution in [3.8, 4) is 5.75 Å². The molecule has 94 valence electrons. The number of halogens is 2. The van der Waals surface area contributed by atoms with Crippen molar-refractivity contribution < 1.29 is 9.53 Å². The van der Waals surface area contributed by atoms with Crippen molar-refractivity contribution in [2.45, 2.75) is 0 Å². The number of ether oxygens (including phenoxy) is 1. The van der Waals surface area contributed by atoms with Gasteiger partial charge in [0, 0.05) is 15.7 Å². The monoisotopic (exact) mass is 328 g/mol. The van der Waals surface area contributed by atoms with E-state index in [1.807, 2.05) is 0 Å². The number of aromatic amines is 1. The fourth-order valence-corrected chi connectivity index (χ4v) is 1.98. The van der Waals surface area contributed by atoms with Crippen molar-refractivity contribution in [3.05, 3.63) is 45.7 Å². The standard InChI is InChI=1S/C12H10BrClN2O2/c1-18-11-3-2-8(14)5-9(11)16-12(17)10-4-7(13)6-15-10/h2-6,15H,1H3,(H,16,17). The first-order valence-electron chi connectivity index (χ1n) is 5.09. The van der Waals surface area contributed by atoms with Crippen molar-refractivity contribution in [1.29, 1.82) is 0 Å². The zero-order valence-electron chi connectivity index (χ0n) is 9.46. The Bertz CT molecular complexity index is 583. The number of aromatic nitrogens is 1. The second kappa shape index (κ2) is 5.46. The van der Waals surface area contributed by atoms with Gasteiger partial charge in [-0.2, -0.15) is 0 Å². The highest BCUT2D eigenvalue weighted by Gasteiger charge is 2.11. The molecule has 1 heterocycles. The van der Waals surface area contributed by atoms with Crippen LogP contribution in [0.15, 0.2) is 34.9 Å². The van der Waals surface area contributed by atoms with E-state index in [2.05, 4.69) is 26.2 Å². The minimum atomic E-state index is -0.263. The second-order valence-corrected chi connectivity index (χ2v) is 4.88. The highest BCUT2D eigenvalue weighted by Crippen LogP contribution is 2.28. The van der Waals surface area contributed by atoms with Gasteiger partial charge in [0.15, 0.2) is 0 Å². The van der Waals surface area contributed by atoms with E-state index in [1.54, 1.807) is 30.5 Å². The van der Waals surface area contributed by atoms with Crippen molar-refractivity contribution in [2.75, 3.05) is 12.4 Å². The second-order valence-electron chi connectivity index (χ2n) is 3.53. The minimum Gasteiger partial charge on any atom is -0.495 e. The third-order valence-corrected chi connectivity index (χ3v) is 3.00. The first kappa shape index (κ1) is 13.0. The third kappa shape index (κ3) is 2.86. The number of hydrogen-bond donors (Lipinski definition) is 2. The molecule has 0 fully saturated rings. The van der Waals surface area contributed by atoms with Crippen LogP contribution in [-0.2, 0) is 0 Å². The normalized spacial score (nSPS) is 10.2. The van der Waals surface area contributed by atoms with Crippen LogP contribution in [-0.4, -0.2) is 18.0 Å². The van der Waals surface area contributed by atoms with Crippen LogP contribution in [0.2, 0.25) is 5.02 Å².